The molecule has 0 spiro atoms. The Bertz CT molecular complexity index is 439. The number of benzene rings is 1. The molecule has 0 aromatic heterocycles. The van der Waals surface area contributed by atoms with Crippen molar-refractivity contribution in [2.75, 3.05) is 38.7 Å². The number of urea groups is 1. The average molecular weight is 265 g/mol. The van der Waals surface area contributed by atoms with Crippen molar-refractivity contribution in [3.63, 3.8) is 0 Å². The lowest BCUT2D eigenvalue weighted by Crippen LogP contribution is -2.54. The van der Waals surface area contributed by atoms with Crippen molar-refractivity contribution in [3.8, 4) is 5.75 Å². The van der Waals surface area contributed by atoms with Gasteiger partial charge in [-0.2, -0.15) is 0 Å². The van der Waals surface area contributed by atoms with Crippen LogP contribution in [0.5, 0.6) is 5.75 Å². The molecule has 2 amide bonds. The summed E-state index contributed by atoms with van der Waals surface area (Å²) in [4.78, 5) is 13.8. The first kappa shape index (κ1) is 13.6. The molecule has 0 bridgehead atoms. The third-order valence-corrected chi connectivity index (χ3v) is 3.08. The third kappa shape index (κ3) is 3.59. The van der Waals surface area contributed by atoms with Gasteiger partial charge < -0.3 is 25.4 Å². The van der Waals surface area contributed by atoms with Crippen molar-refractivity contribution in [2.45, 2.75) is 6.04 Å². The van der Waals surface area contributed by atoms with Gasteiger partial charge in [0, 0.05) is 37.4 Å². The number of rotatable bonds is 3. The van der Waals surface area contributed by atoms with Crippen LogP contribution >= 0.6 is 0 Å². The van der Waals surface area contributed by atoms with Crippen LogP contribution < -0.4 is 15.4 Å². The van der Waals surface area contributed by atoms with Gasteiger partial charge in [0.2, 0.25) is 0 Å². The van der Waals surface area contributed by atoms with E-state index in [0.717, 1.165) is 0 Å². The minimum atomic E-state index is -0.159. The fraction of sp³-hybridized carbons (Fsp3) is 0.462. The summed E-state index contributed by atoms with van der Waals surface area (Å²) >= 11 is 0. The highest BCUT2D eigenvalue weighted by Crippen LogP contribution is 2.17. The minimum absolute atomic E-state index is 0.0307. The van der Waals surface area contributed by atoms with Gasteiger partial charge >= 0.3 is 6.03 Å². The fourth-order valence-electron chi connectivity index (χ4n) is 2.04. The van der Waals surface area contributed by atoms with Crippen LogP contribution in [0.15, 0.2) is 24.3 Å². The van der Waals surface area contributed by atoms with Gasteiger partial charge in [-0.15, -0.1) is 0 Å². The Balaban J connectivity index is 1.96. The van der Waals surface area contributed by atoms with E-state index in [1.807, 2.05) is 18.2 Å². The second kappa shape index (κ2) is 6.40. The van der Waals surface area contributed by atoms with E-state index >= 15 is 0 Å². The van der Waals surface area contributed by atoms with E-state index < -0.39 is 0 Å². The molecule has 0 saturated carbocycles. The lowest BCUT2D eigenvalue weighted by Gasteiger charge is -2.32. The highest BCUT2D eigenvalue weighted by Gasteiger charge is 2.22. The maximum Gasteiger partial charge on any atom is 0.321 e. The van der Waals surface area contributed by atoms with Gasteiger partial charge in [-0.05, 0) is 12.1 Å². The third-order valence-electron chi connectivity index (χ3n) is 3.08. The van der Waals surface area contributed by atoms with E-state index in [9.17, 15) is 4.79 Å². The van der Waals surface area contributed by atoms with Crippen LogP contribution in [0.1, 0.15) is 0 Å². The molecule has 0 radical (unpaired) electrons. The molecule has 0 aliphatic carbocycles. The van der Waals surface area contributed by atoms with Crippen LogP contribution in [0.2, 0.25) is 0 Å². The fourth-order valence-corrected chi connectivity index (χ4v) is 2.04. The number of aliphatic hydroxyl groups excluding tert-OH is 1. The number of hydrogen-bond donors (Lipinski definition) is 3. The summed E-state index contributed by atoms with van der Waals surface area (Å²) in [7, 11) is 1.59. The van der Waals surface area contributed by atoms with E-state index in [1.54, 1.807) is 18.1 Å². The Morgan fingerprint density at radius 1 is 1.63 bits per heavy atom. The summed E-state index contributed by atoms with van der Waals surface area (Å²) in [6.07, 6.45) is 0. The summed E-state index contributed by atoms with van der Waals surface area (Å²) in [6, 6.07) is 7.01. The molecule has 3 N–H and O–H groups in total. The summed E-state index contributed by atoms with van der Waals surface area (Å²) in [5.41, 5.74) is 0.698. The number of piperazine rings is 1. The molecule has 6 heteroatoms. The monoisotopic (exact) mass is 265 g/mol. The number of carbonyl (C=O) groups is 1. The summed E-state index contributed by atoms with van der Waals surface area (Å²) in [6.45, 7) is 1.86. The Morgan fingerprint density at radius 3 is 3.21 bits per heavy atom. The SMILES string of the molecule is COc1cccc(NC(=O)N2CCNC(CO)C2)c1. The first-order valence-electron chi connectivity index (χ1n) is 6.27. The molecule has 1 atom stereocenters. The number of anilines is 1. The molecule has 2 rings (SSSR count). The predicted octanol–water partition coefficient (Wildman–Crippen LogP) is 0.493. The number of amides is 2. The molecular formula is C13H19N3O3. The van der Waals surface area contributed by atoms with Gasteiger partial charge in [0.1, 0.15) is 5.75 Å². The summed E-state index contributed by atoms with van der Waals surface area (Å²) in [5, 5.41) is 15.1. The van der Waals surface area contributed by atoms with Crippen LogP contribution in [0, 0.1) is 0 Å². The zero-order valence-corrected chi connectivity index (χ0v) is 10.9. The highest BCUT2D eigenvalue weighted by atomic mass is 16.5. The highest BCUT2D eigenvalue weighted by molar-refractivity contribution is 5.89. The number of nitrogens with zero attached hydrogens (tertiary/aromatic N) is 1. The van der Waals surface area contributed by atoms with Crippen LogP contribution in [0.4, 0.5) is 10.5 Å². The average Bonchev–Trinajstić information content (AvgIpc) is 2.47. The number of nitrogens with one attached hydrogen (secondary N) is 2. The number of ether oxygens (including phenoxy) is 1. The molecule has 1 fully saturated rings. The van der Waals surface area contributed by atoms with Crippen LogP contribution in [0.3, 0.4) is 0 Å². The lowest BCUT2D eigenvalue weighted by molar-refractivity contribution is 0.159. The van der Waals surface area contributed by atoms with Gasteiger partial charge in [-0.3, -0.25) is 0 Å². The molecule has 1 aliphatic rings. The van der Waals surface area contributed by atoms with Gasteiger partial charge in [0.05, 0.1) is 13.7 Å². The topological polar surface area (TPSA) is 73.8 Å². The zero-order valence-electron chi connectivity index (χ0n) is 10.9. The van der Waals surface area contributed by atoms with Gasteiger partial charge in [0.25, 0.3) is 0 Å². The standard InChI is InChI=1S/C13H19N3O3/c1-19-12-4-2-3-10(7-12)15-13(18)16-6-5-14-11(8-16)9-17/h2-4,7,11,14,17H,5-6,8-9H2,1H3,(H,15,18). The lowest BCUT2D eigenvalue weighted by atomic mass is 10.2. The van der Waals surface area contributed by atoms with Crippen LogP contribution in [-0.4, -0.2) is 55.4 Å². The second-order valence-corrected chi connectivity index (χ2v) is 4.44. The number of aliphatic hydroxyl groups is 1. The van der Waals surface area contributed by atoms with Crippen molar-refractivity contribution in [3.05, 3.63) is 24.3 Å². The number of hydrogen-bond acceptors (Lipinski definition) is 4. The van der Waals surface area contributed by atoms with E-state index in [1.165, 1.54) is 0 Å². The quantitative estimate of drug-likeness (QED) is 0.744. The van der Waals surface area contributed by atoms with Gasteiger partial charge in [-0.25, -0.2) is 4.79 Å². The molecular weight excluding hydrogens is 246 g/mol. The molecule has 1 saturated heterocycles. The largest absolute Gasteiger partial charge is 0.497 e. The molecule has 1 unspecified atom stereocenters. The van der Waals surface area contributed by atoms with Crippen LogP contribution in [-0.2, 0) is 0 Å². The molecule has 6 nitrogen and oxygen atoms in total. The van der Waals surface area contributed by atoms with Gasteiger partial charge in [-0.1, -0.05) is 6.07 Å². The van der Waals surface area contributed by atoms with Crippen molar-refractivity contribution in [2.24, 2.45) is 0 Å². The molecule has 19 heavy (non-hydrogen) atoms. The normalized spacial score (nSPS) is 19.1. The maximum atomic E-state index is 12.1. The van der Waals surface area contributed by atoms with Crippen molar-refractivity contribution in [1.29, 1.82) is 0 Å². The Labute approximate surface area is 112 Å². The summed E-state index contributed by atoms with van der Waals surface area (Å²) in [5.74, 6) is 0.700. The molecule has 104 valence electrons. The van der Waals surface area contributed by atoms with Crippen molar-refractivity contribution in [1.82, 2.24) is 10.2 Å². The number of methoxy groups -OCH3 is 1. The van der Waals surface area contributed by atoms with E-state index in [2.05, 4.69) is 10.6 Å². The maximum absolute atomic E-state index is 12.1. The smallest absolute Gasteiger partial charge is 0.321 e. The predicted molar refractivity (Wildman–Crippen MR) is 72.5 cm³/mol. The second-order valence-electron chi connectivity index (χ2n) is 4.44. The Hall–Kier alpha value is -1.79. The zero-order chi connectivity index (χ0) is 13.7. The number of carbonyl (C=O) groups excluding carboxylic acids is 1. The molecule has 1 heterocycles. The van der Waals surface area contributed by atoms with E-state index in [0.29, 0.717) is 31.1 Å². The van der Waals surface area contributed by atoms with Crippen molar-refractivity contribution < 1.29 is 14.6 Å². The van der Waals surface area contributed by atoms with Gasteiger partial charge in [0.15, 0.2) is 0 Å². The molecule has 1 aliphatic heterocycles. The Kier molecular flexibility index (Phi) is 4.59. The Morgan fingerprint density at radius 2 is 2.47 bits per heavy atom. The van der Waals surface area contributed by atoms with Crippen molar-refractivity contribution >= 4 is 11.7 Å². The van der Waals surface area contributed by atoms with E-state index in [-0.39, 0.29) is 18.7 Å². The van der Waals surface area contributed by atoms with Crippen LogP contribution in [0.25, 0.3) is 0 Å². The summed E-state index contributed by atoms with van der Waals surface area (Å²) < 4.78 is 5.11. The molecule has 1 aromatic carbocycles. The molecule has 1 aromatic rings. The minimum Gasteiger partial charge on any atom is -0.497 e. The van der Waals surface area contributed by atoms with E-state index in [4.69, 9.17) is 9.84 Å². The first-order chi connectivity index (χ1) is 9.22. The first-order valence-corrected chi connectivity index (χ1v) is 6.27.